The van der Waals surface area contributed by atoms with Crippen molar-refractivity contribution in [3.63, 3.8) is 0 Å². The van der Waals surface area contributed by atoms with Crippen LogP contribution in [0.25, 0.3) is 22.0 Å². The lowest BCUT2D eigenvalue weighted by Crippen LogP contribution is -2.58. The number of H-pyrrole nitrogens is 1. The molecule has 5 rings (SSSR count). The highest BCUT2D eigenvalue weighted by molar-refractivity contribution is 6.01. The van der Waals surface area contributed by atoms with Crippen LogP contribution in [0, 0.1) is 13.8 Å². The molecule has 2 aromatic heterocycles. The van der Waals surface area contributed by atoms with Gasteiger partial charge < -0.3 is 15.2 Å². The first-order valence-corrected chi connectivity index (χ1v) is 11.2. The number of aromatic amines is 1. The van der Waals surface area contributed by atoms with Gasteiger partial charge in [-0.1, -0.05) is 30.3 Å². The Morgan fingerprint density at radius 2 is 1.91 bits per heavy atom. The number of rotatable bonds is 4. The van der Waals surface area contributed by atoms with Crippen molar-refractivity contribution >= 4 is 22.7 Å². The molecule has 0 aliphatic carbocycles. The zero-order valence-electron chi connectivity index (χ0n) is 18.8. The van der Waals surface area contributed by atoms with Gasteiger partial charge in [-0.3, -0.25) is 14.6 Å². The van der Waals surface area contributed by atoms with Gasteiger partial charge in [-0.25, -0.2) is 0 Å². The molecule has 1 fully saturated rings. The molecule has 1 aliphatic heterocycles. The number of nitrogens with zero attached hydrogens (tertiary/aromatic N) is 2. The van der Waals surface area contributed by atoms with Gasteiger partial charge in [0.05, 0.1) is 0 Å². The molecule has 0 saturated carbocycles. The van der Waals surface area contributed by atoms with Gasteiger partial charge in [0.25, 0.3) is 5.91 Å². The molecule has 2 amide bonds. The summed E-state index contributed by atoms with van der Waals surface area (Å²) in [6.07, 6.45) is 4.05. The van der Waals surface area contributed by atoms with Crippen molar-refractivity contribution in [2.75, 3.05) is 13.1 Å². The second-order valence-corrected chi connectivity index (χ2v) is 8.58. The van der Waals surface area contributed by atoms with Gasteiger partial charge in [0.15, 0.2) is 0 Å². The van der Waals surface area contributed by atoms with Crippen LogP contribution in [0.1, 0.15) is 27.2 Å². The van der Waals surface area contributed by atoms with Crippen LogP contribution in [0.5, 0.6) is 0 Å². The van der Waals surface area contributed by atoms with Crippen LogP contribution in [0.4, 0.5) is 0 Å². The molecule has 1 unspecified atom stereocenters. The number of amides is 2. The molecule has 1 atom stereocenters. The SMILES string of the molecule is Cc1[nH]c2ccc(C(=O)N3CCNC(=O)C3Cc3ccc(-c4cccnc4)cc3)cc2c1C. The summed E-state index contributed by atoms with van der Waals surface area (Å²) in [5.41, 5.74) is 6.98. The monoisotopic (exact) mass is 438 g/mol. The molecule has 33 heavy (non-hydrogen) atoms. The van der Waals surface area contributed by atoms with Crippen molar-refractivity contribution in [2.24, 2.45) is 0 Å². The summed E-state index contributed by atoms with van der Waals surface area (Å²) in [4.78, 5) is 35.5. The first-order chi connectivity index (χ1) is 16.0. The molecular formula is C27H26N4O2. The predicted molar refractivity (Wildman–Crippen MR) is 129 cm³/mol. The normalized spacial score (nSPS) is 16.1. The largest absolute Gasteiger partial charge is 0.358 e. The van der Waals surface area contributed by atoms with Crippen molar-refractivity contribution < 1.29 is 9.59 Å². The quantitative estimate of drug-likeness (QED) is 0.505. The lowest BCUT2D eigenvalue weighted by Gasteiger charge is -2.35. The van der Waals surface area contributed by atoms with Crippen LogP contribution >= 0.6 is 0 Å². The lowest BCUT2D eigenvalue weighted by atomic mass is 9.98. The maximum atomic E-state index is 13.5. The van der Waals surface area contributed by atoms with E-state index in [1.807, 2.05) is 67.7 Å². The smallest absolute Gasteiger partial charge is 0.254 e. The van der Waals surface area contributed by atoms with E-state index in [0.29, 0.717) is 25.1 Å². The fraction of sp³-hybridized carbons (Fsp3) is 0.222. The molecule has 166 valence electrons. The van der Waals surface area contributed by atoms with Gasteiger partial charge in [-0.15, -0.1) is 0 Å². The van der Waals surface area contributed by atoms with Crippen molar-refractivity contribution in [2.45, 2.75) is 26.3 Å². The molecule has 0 spiro atoms. The molecule has 1 saturated heterocycles. The first kappa shape index (κ1) is 20.9. The van der Waals surface area contributed by atoms with E-state index in [-0.39, 0.29) is 11.8 Å². The highest BCUT2D eigenvalue weighted by atomic mass is 16.2. The lowest BCUT2D eigenvalue weighted by molar-refractivity contribution is -0.127. The number of carbonyl (C=O) groups is 2. The molecule has 1 aliphatic rings. The van der Waals surface area contributed by atoms with Crippen molar-refractivity contribution in [3.05, 3.63) is 89.4 Å². The van der Waals surface area contributed by atoms with Crippen LogP contribution in [-0.2, 0) is 11.2 Å². The van der Waals surface area contributed by atoms with Crippen LogP contribution in [0.3, 0.4) is 0 Å². The molecule has 2 N–H and O–H groups in total. The minimum Gasteiger partial charge on any atom is -0.358 e. The van der Waals surface area contributed by atoms with E-state index >= 15 is 0 Å². The number of carbonyl (C=O) groups excluding carboxylic acids is 2. The summed E-state index contributed by atoms with van der Waals surface area (Å²) in [6.45, 7) is 5.04. The average molecular weight is 439 g/mol. The van der Waals surface area contributed by atoms with E-state index in [0.717, 1.165) is 38.9 Å². The maximum absolute atomic E-state index is 13.5. The van der Waals surface area contributed by atoms with E-state index in [9.17, 15) is 9.59 Å². The number of fused-ring (bicyclic) bond motifs is 1. The molecule has 6 nitrogen and oxygen atoms in total. The molecule has 4 aromatic rings. The molecular weight excluding hydrogens is 412 g/mol. The summed E-state index contributed by atoms with van der Waals surface area (Å²) in [5.74, 6) is -0.220. The third kappa shape index (κ3) is 4.00. The number of aromatic nitrogens is 2. The molecule has 0 radical (unpaired) electrons. The zero-order chi connectivity index (χ0) is 22.9. The number of aryl methyl sites for hydroxylation is 2. The summed E-state index contributed by atoms with van der Waals surface area (Å²) < 4.78 is 0. The average Bonchev–Trinajstić information content (AvgIpc) is 3.13. The van der Waals surface area contributed by atoms with E-state index in [4.69, 9.17) is 0 Å². The van der Waals surface area contributed by atoms with Crippen LogP contribution in [0.15, 0.2) is 67.0 Å². The number of hydrogen-bond acceptors (Lipinski definition) is 3. The van der Waals surface area contributed by atoms with E-state index in [1.165, 1.54) is 0 Å². The topological polar surface area (TPSA) is 78.1 Å². The van der Waals surface area contributed by atoms with Crippen molar-refractivity contribution in [1.29, 1.82) is 0 Å². The fourth-order valence-electron chi connectivity index (χ4n) is 4.51. The van der Waals surface area contributed by atoms with Gasteiger partial charge >= 0.3 is 0 Å². The molecule has 3 heterocycles. The standard InChI is InChI=1S/C27H26N4O2/c1-17-18(2)30-24-10-9-21(15-23(17)24)27(33)31-13-12-29-26(32)25(31)14-19-5-7-20(8-6-19)22-4-3-11-28-16-22/h3-11,15-16,25,30H,12-14H2,1-2H3,(H,29,32). The number of nitrogens with one attached hydrogen (secondary N) is 2. The van der Waals surface area contributed by atoms with E-state index in [1.54, 1.807) is 11.1 Å². The summed E-state index contributed by atoms with van der Waals surface area (Å²) >= 11 is 0. The van der Waals surface area contributed by atoms with Gasteiger partial charge in [-0.05, 0) is 60.4 Å². The van der Waals surface area contributed by atoms with Crippen molar-refractivity contribution in [1.82, 2.24) is 20.2 Å². The van der Waals surface area contributed by atoms with Gasteiger partial charge in [0, 0.05) is 54.1 Å². The van der Waals surface area contributed by atoms with Crippen LogP contribution < -0.4 is 5.32 Å². The number of piperazine rings is 1. The fourth-order valence-corrected chi connectivity index (χ4v) is 4.51. The van der Waals surface area contributed by atoms with Gasteiger partial charge in [0.2, 0.25) is 5.91 Å². The highest BCUT2D eigenvalue weighted by Gasteiger charge is 2.33. The maximum Gasteiger partial charge on any atom is 0.254 e. The summed E-state index contributed by atoms with van der Waals surface area (Å²) in [5, 5.41) is 3.97. The van der Waals surface area contributed by atoms with Crippen molar-refractivity contribution in [3.8, 4) is 11.1 Å². The number of hydrogen-bond donors (Lipinski definition) is 2. The molecule has 2 aromatic carbocycles. The summed E-state index contributed by atoms with van der Waals surface area (Å²) in [6, 6.07) is 17.2. The zero-order valence-corrected chi connectivity index (χ0v) is 18.8. The Morgan fingerprint density at radius 1 is 1.09 bits per heavy atom. The Bertz CT molecular complexity index is 1330. The number of benzene rings is 2. The Balaban J connectivity index is 1.40. The Labute approximate surface area is 192 Å². The first-order valence-electron chi connectivity index (χ1n) is 11.2. The van der Waals surface area contributed by atoms with Crippen LogP contribution in [-0.4, -0.2) is 45.8 Å². The third-order valence-corrected chi connectivity index (χ3v) is 6.52. The van der Waals surface area contributed by atoms with Gasteiger partial charge in [0.1, 0.15) is 6.04 Å². The predicted octanol–water partition coefficient (Wildman–Crippen LogP) is 4.03. The summed E-state index contributed by atoms with van der Waals surface area (Å²) in [7, 11) is 0. The van der Waals surface area contributed by atoms with Crippen LogP contribution in [0.2, 0.25) is 0 Å². The van der Waals surface area contributed by atoms with E-state index in [2.05, 4.69) is 22.2 Å². The second-order valence-electron chi connectivity index (χ2n) is 8.58. The Hall–Kier alpha value is -3.93. The number of pyridine rings is 1. The second kappa shape index (κ2) is 8.54. The Kier molecular flexibility index (Phi) is 5.42. The molecule has 0 bridgehead atoms. The van der Waals surface area contributed by atoms with Gasteiger partial charge in [-0.2, -0.15) is 0 Å². The third-order valence-electron chi connectivity index (χ3n) is 6.52. The molecule has 6 heteroatoms. The van der Waals surface area contributed by atoms with E-state index < -0.39 is 6.04 Å². The minimum atomic E-state index is -0.541. The Morgan fingerprint density at radius 3 is 2.67 bits per heavy atom. The minimum absolute atomic E-state index is 0.109. The highest BCUT2D eigenvalue weighted by Crippen LogP contribution is 2.25.